The number of carbonyl (C=O) groups is 2. The standard InChI is InChI=1S/C15H28O2/c1-7-13(15(17)11(4)5)9-8-12(6)14(16)10(2)3/h10-13H,7-9H2,1-6H3. The lowest BCUT2D eigenvalue weighted by Crippen LogP contribution is -2.22. The van der Waals surface area contributed by atoms with Gasteiger partial charge in [-0.25, -0.2) is 0 Å². The molecule has 100 valence electrons. The van der Waals surface area contributed by atoms with Crippen LogP contribution in [0.1, 0.15) is 60.8 Å². The van der Waals surface area contributed by atoms with E-state index in [0.717, 1.165) is 19.3 Å². The molecule has 2 atom stereocenters. The maximum absolute atomic E-state index is 11.9. The van der Waals surface area contributed by atoms with Crippen LogP contribution in [0.2, 0.25) is 0 Å². The van der Waals surface area contributed by atoms with Crippen molar-refractivity contribution in [3.63, 3.8) is 0 Å². The number of rotatable bonds is 8. The highest BCUT2D eigenvalue weighted by Crippen LogP contribution is 2.21. The van der Waals surface area contributed by atoms with Gasteiger partial charge in [-0.3, -0.25) is 9.59 Å². The minimum absolute atomic E-state index is 0.0870. The van der Waals surface area contributed by atoms with Crippen molar-refractivity contribution >= 4 is 11.6 Å². The molecule has 0 bridgehead atoms. The van der Waals surface area contributed by atoms with Gasteiger partial charge in [0.25, 0.3) is 0 Å². The van der Waals surface area contributed by atoms with E-state index in [-0.39, 0.29) is 23.7 Å². The normalized spacial score (nSPS) is 15.1. The first-order valence-electron chi connectivity index (χ1n) is 6.88. The van der Waals surface area contributed by atoms with Gasteiger partial charge in [0, 0.05) is 23.7 Å². The molecule has 17 heavy (non-hydrogen) atoms. The molecule has 0 aliphatic carbocycles. The molecule has 2 nitrogen and oxygen atoms in total. The fraction of sp³-hybridized carbons (Fsp3) is 0.867. The van der Waals surface area contributed by atoms with Crippen LogP contribution in [0.15, 0.2) is 0 Å². The molecule has 0 amide bonds. The largest absolute Gasteiger partial charge is 0.299 e. The first kappa shape index (κ1) is 16.3. The number of hydrogen-bond donors (Lipinski definition) is 0. The summed E-state index contributed by atoms with van der Waals surface area (Å²) in [6.07, 6.45) is 2.58. The zero-order valence-corrected chi connectivity index (χ0v) is 12.2. The van der Waals surface area contributed by atoms with Crippen molar-refractivity contribution in [1.29, 1.82) is 0 Å². The van der Waals surface area contributed by atoms with Crippen LogP contribution in [0.4, 0.5) is 0 Å². The van der Waals surface area contributed by atoms with E-state index in [1.165, 1.54) is 0 Å². The van der Waals surface area contributed by atoms with Gasteiger partial charge in [0.15, 0.2) is 0 Å². The second-order valence-corrected chi connectivity index (χ2v) is 5.70. The van der Waals surface area contributed by atoms with Crippen molar-refractivity contribution in [2.45, 2.75) is 60.8 Å². The van der Waals surface area contributed by atoms with Gasteiger partial charge in [-0.1, -0.05) is 41.5 Å². The molecule has 0 radical (unpaired) electrons. The Bertz CT molecular complexity index is 254. The lowest BCUT2D eigenvalue weighted by atomic mass is 9.84. The van der Waals surface area contributed by atoms with Gasteiger partial charge in [-0.05, 0) is 19.3 Å². The Morgan fingerprint density at radius 3 is 1.65 bits per heavy atom. The second-order valence-electron chi connectivity index (χ2n) is 5.70. The van der Waals surface area contributed by atoms with Crippen LogP contribution in [0.5, 0.6) is 0 Å². The summed E-state index contributed by atoms with van der Waals surface area (Å²) in [6.45, 7) is 11.8. The molecule has 0 rings (SSSR count). The average molecular weight is 240 g/mol. The van der Waals surface area contributed by atoms with Crippen molar-refractivity contribution in [3.05, 3.63) is 0 Å². The minimum Gasteiger partial charge on any atom is -0.299 e. The van der Waals surface area contributed by atoms with Crippen molar-refractivity contribution in [3.8, 4) is 0 Å². The molecule has 0 saturated carbocycles. The molecule has 2 heteroatoms. The van der Waals surface area contributed by atoms with Gasteiger partial charge in [0.2, 0.25) is 0 Å². The van der Waals surface area contributed by atoms with Crippen LogP contribution in [-0.2, 0) is 9.59 Å². The van der Waals surface area contributed by atoms with Crippen LogP contribution in [0.3, 0.4) is 0 Å². The zero-order chi connectivity index (χ0) is 13.6. The summed E-state index contributed by atoms with van der Waals surface area (Å²) in [7, 11) is 0. The maximum Gasteiger partial charge on any atom is 0.138 e. The van der Waals surface area contributed by atoms with Crippen molar-refractivity contribution < 1.29 is 9.59 Å². The number of Topliss-reactive ketones (excluding diaryl/α,β-unsaturated/α-hetero) is 2. The van der Waals surface area contributed by atoms with Crippen LogP contribution in [-0.4, -0.2) is 11.6 Å². The zero-order valence-electron chi connectivity index (χ0n) is 12.2. The predicted octanol–water partition coefficient (Wildman–Crippen LogP) is 3.88. The van der Waals surface area contributed by atoms with Gasteiger partial charge in [0.05, 0.1) is 0 Å². The van der Waals surface area contributed by atoms with E-state index >= 15 is 0 Å². The van der Waals surface area contributed by atoms with Gasteiger partial charge in [-0.15, -0.1) is 0 Å². The highest BCUT2D eigenvalue weighted by atomic mass is 16.1. The van der Waals surface area contributed by atoms with E-state index in [4.69, 9.17) is 0 Å². The molecule has 0 saturated heterocycles. The van der Waals surface area contributed by atoms with Crippen molar-refractivity contribution in [1.82, 2.24) is 0 Å². The minimum atomic E-state index is 0.0870. The lowest BCUT2D eigenvalue weighted by molar-refractivity contribution is -0.128. The molecule has 0 aromatic rings. The highest BCUT2D eigenvalue weighted by molar-refractivity contribution is 5.83. The summed E-state index contributed by atoms with van der Waals surface area (Å²) in [5, 5.41) is 0. The first-order valence-corrected chi connectivity index (χ1v) is 6.88. The first-order chi connectivity index (χ1) is 7.81. The van der Waals surface area contributed by atoms with Gasteiger partial charge in [0.1, 0.15) is 11.6 Å². The molecular weight excluding hydrogens is 212 g/mol. The summed E-state index contributed by atoms with van der Waals surface area (Å²) in [5.41, 5.74) is 0. The molecule has 0 aromatic carbocycles. The molecule has 0 heterocycles. The topological polar surface area (TPSA) is 34.1 Å². The van der Waals surface area contributed by atoms with Gasteiger partial charge >= 0.3 is 0 Å². The van der Waals surface area contributed by atoms with E-state index in [2.05, 4.69) is 6.92 Å². The quantitative estimate of drug-likeness (QED) is 0.645. The molecular formula is C15H28O2. The average Bonchev–Trinajstić information content (AvgIpc) is 2.27. The van der Waals surface area contributed by atoms with E-state index in [9.17, 15) is 9.59 Å². The Balaban J connectivity index is 4.24. The fourth-order valence-corrected chi connectivity index (χ4v) is 2.18. The molecule has 0 N–H and O–H groups in total. The Hall–Kier alpha value is -0.660. The van der Waals surface area contributed by atoms with Crippen LogP contribution in [0, 0.1) is 23.7 Å². The third-order valence-corrected chi connectivity index (χ3v) is 3.47. The summed E-state index contributed by atoms with van der Waals surface area (Å²) < 4.78 is 0. The fourth-order valence-electron chi connectivity index (χ4n) is 2.18. The Morgan fingerprint density at radius 1 is 0.824 bits per heavy atom. The molecule has 0 fully saturated rings. The third kappa shape index (κ3) is 5.47. The lowest BCUT2D eigenvalue weighted by Gasteiger charge is -2.19. The van der Waals surface area contributed by atoms with E-state index in [1.807, 2.05) is 34.6 Å². The SMILES string of the molecule is CCC(CCC(C)C(=O)C(C)C)C(=O)C(C)C. The van der Waals surface area contributed by atoms with Gasteiger partial charge < -0.3 is 0 Å². The molecule has 0 spiro atoms. The number of ketones is 2. The van der Waals surface area contributed by atoms with Crippen molar-refractivity contribution in [2.24, 2.45) is 23.7 Å². The Labute approximate surface area is 106 Å². The van der Waals surface area contributed by atoms with E-state index in [0.29, 0.717) is 11.6 Å². The van der Waals surface area contributed by atoms with E-state index < -0.39 is 0 Å². The molecule has 0 aliphatic rings. The summed E-state index contributed by atoms with van der Waals surface area (Å²) >= 11 is 0. The smallest absolute Gasteiger partial charge is 0.138 e. The van der Waals surface area contributed by atoms with Crippen LogP contribution in [0.25, 0.3) is 0 Å². The third-order valence-electron chi connectivity index (χ3n) is 3.47. The van der Waals surface area contributed by atoms with Crippen LogP contribution < -0.4 is 0 Å². The summed E-state index contributed by atoms with van der Waals surface area (Å²) in [4.78, 5) is 23.7. The second kappa shape index (κ2) is 7.62. The van der Waals surface area contributed by atoms with E-state index in [1.54, 1.807) is 0 Å². The van der Waals surface area contributed by atoms with Crippen LogP contribution >= 0.6 is 0 Å². The molecule has 0 aromatic heterocycles. The summed E-state index contributed by atoms with van der Waals surface area (Å²) in [5.74, 6) is 1.09. The number of carbonyl (C=O) groups excluding carboxylic acids is 2. The summed E-state index contributed by atoms with van der Waals surface area (Å²) in [6, 6.07) is 0. The maximum atomic E-state index is 11.9. The van der Waals surface area contributed by atoms with Gasteiger partial charge in [-0.2, -0.15) is 0 Å². The van der Waals surface area contributed by atoms with Crippen molar-refractivity contribution in [2.75, 3.05) is 0 Å². The molecule has 2 unspecified atom stereocenters. The molecule has 0 aliphatic heterocycles. The Morgan fingerprint density at radius 2 is 1.29 bits per heavy atom. The Kier molecular flexibility index (Phi) is 7.33. The predicted molar refractivity (Wildman–Crippen MR) is 71.9 cm³/mol. The monoisotopic (exact) mass is 240 g/mol. The number of hydrogen-bond acceptors (Lipinski definition) is 2. The highest BCUT2D eigenvalue weighted by Gasteiger charge is 2.22.